The Kier molecular flexibility index (Phi) is 5.07. The predicted octanol–water partition coefficient (Wildman–Crippen LogP) is 0.969. The van der Waals surface area contributed by atoms with Crippen LogP contribution in [0.1, 0.15) is 50.1 Å². The number of carbonyl (C=O) groups excluding carboxylic acids is 1. The van der Waals surface area contributed by atoms with Gasteiger partial charge in [-0.1, -0.05) is 12.8 Å². The molecular formula is C18H27N5O3S. The lowest BCUT2D eigenvalue weighted by atomic mass is 9.96. The van der Waals surface area contributed by atoms with E-state index in [0.717, 1.165) is 44.2 Å². The second kappa shape index (κ2) is 7.35. The Morgan fingerprint density at radius 3 is 2.56 bits per heavy atom. The molecule has 1 aromatic rings. The molecule has 1 saturated carbocycles. The molecule has 2 N–H and O–H groups in total. The molecule has 0 bridgehead atoms. The first kappa shape index (κ1) is 18.6. The summed E-state index contributed by atoms with van der Waals surface area (Å²) >= 11 is 0. The lowest BCUT2D eigenvalue weighted by Crippen LogP contribution is -2.61. The second-order valence-corrected chi connectivity index (χ2v) is 10.1. The van der Waals surface area contributed by atoms with Crippen molar-refractivity contribution >= 4 is 21.9 Å². The summed E-state index contributed by atoms with van der Waals surface area (Å²) in [5.41, 5.74) is 6.47. The number of rotatable bonds is 4. The number of aromatic nitrogens is 2. The molecule has 148 valence electrons. The lowest BCUT2D eigenvalue weighted by Gasteiger charge is -2.43. The quantitative estimate of drug-likeness (QED) is 0.816. The summed E-state index contributed by atoms with van der Waals surface area (Å²) in [6.45, 7) is 1.62. The average Bonchev–Trinajstić information content (AvgIpc) is 3.15. The van der Waals surface area contributed by atoms with E-state index in [-0.39, 0.29) is 23.7 Å². The molecule has 1 atom stereocenters. The number of amides is 1. The van der Waals surface area contributed by atoms with Crippen molar-refractivity contribution in [2.45, 2.75) is 49.7 Å². The molecule has 27 heavy (non-hydrogen) atoms. The first-order valence-corrected chi connectivity index (χ1v) is 11.3. The summed E-state index contributed by atoms with van der Waals surface area (Å²) in [6, 6.07) is 1.81. The van der Waals surface area contributed by atoms with Gasteiger partial charge in [-0.2, -0.15) is 0 Å². The standard InChI is InChI=1S/C18H27N5O3S/c19-18-20-8-7-16(21-18)14-6-3-9-23(10-14)27(25,26)15-11-22(12-15)17(24)13-4-1-2-5-13/h7-8,13-15H,1-6,9-12H2,(H2,19,20,21). The van der Waals surface area contributed by atoms with E-state index in [1.165, 1.54) is 0 Å². The highest BCUT2D eigenvalue weighted by Gasteiger charge is 2.45. The van der Waals surface area contributed by atoms with Crippen LogP contribution in [0.25, 0.3) is 0 Å². The van der Waals surface area contributed by atoms with Crippen LogP contribution >= 0.6 is 0 Å². The average molecular weight is 394 g/mol. The Morgan fingerprint density at radius 2 is 1.85 bits per heavy atom. The zero-order chi connectivity index (χ0) is 19.0. The minimum absolute atomic E-state index is 0.0372. The molecule has 8 nitrogen and oxygen atoms in total. The minimum Gasteiger partial charge on any atom is -0.368 e. The van der Waals surface area contributed by atoms with E-state index in [9.17, 15) is 13.2 Å². The van der Waals surface area contributed by atoms with Crippen molar-refractivity contribution < 1.29 is 13.2 Å². The van der Waals surface area contributed by atoms with Crippen LogP contribution in [-0.4, -0.2) is 64.9 Å². The van der Waals surface area contributed by atoms with Crippen LogP contribution in [-0.2, 0) is 14.8 Å². The Balaban J connectivity index is 1.38. The highest BCUT2D eigenvalue weighted by Crippen LogP contribution is 2.32. The Bertz CT molecular complexity index is 803. The number of hydrogen-bond acceptors (Lipinski definition) is 6. The zero-order valence-electron chi connectivity index (χ0n) is 15.5. The van der Waals surface area contributed by atoms with Crippen molar-refractivity contribution in [2.24, 2.45) is 5.92 Å². The SMILES string of the molecule is Nc1nccc(C2CCCN(S(=O)(=O)C3CN(C(=O)C4CCCC4)C3)C2)n1. The van der Waals surface area contributed by atoms with E-state index in [0.29, 0.717) is 26.2 Å². The normalized spacial score (nSPS) is 25.5. The van der Waals surface area contributed by atoms with Gasteiger partial charge in [0.25, 0.3) is 0 Å². The van der Waals surface area contributed by atoms with Gasteiger partial charge in [-0.3, -0.25) is 4.79 Å². The topological polar surface area (TPSA) is 109 Å². The van der Waals surface area contributed by atoms with E-state index in [2.05, 4.69) is 9.97 Å². The number of carbonyl (C=O) groups is 1. The first-order valence-electron chi connectivity index (χ1n) is 9.81. The van der Waals surface area contributed by atoms with E-state index < -0.39 is 15.3 Å². The van der Waals surface area contributed by atoms with Gasteiger partial charge in [0.1, 0.15) is 5.25 Å². The molecule has 4 rings (SSSR count). The van der Waals surface area contributed by atoms with E-state index in [1.54, 1.807) is 15.4 Å². The van der Waals surface area contributed by atoms with Crippen molar-refractivity contribution in [2.75, 3.05) is 31.9 Å². The third kappa shape index (κ3) is 3.67. The third-order valence-electron chi connectivity index (χ3n) is 6.14. The Hall–Kier alpha value is -1.74. The molecule has 9 heteroatoms. The van der Waals surface area contributed by atoms with E-state index in [4.69, 9.17) is 5.73 Å². The fourth-order valence-electron chi connectivity index (χ4n) is 4.48. The van der Waals surface area contributed by atoms with Gasteiger partial charge in [0.05, 0.1) is 5.69 Å². The van der Waals surface area contributed by atoms with E-state index in [1.807, 2.05) is 6.07 Å². The number of nitrogen functional groups attached to an aromatic ring is 1. The Morgan fingerprint density at radius 1 is 1.11 bits per heavy atom. The molecule has 0 aromatic carbocycles. The van der Waals surface area contributed by atoms with Gasteiger partial charge >= 0.3 is 0 Å². The summed E-state index contributed by atoms with van der Waals surface area (Å²) < 4.78 is 27.6. The van der Waals surface area contributed by atoms with Gasteiger partial charge < -0.3 is 10.6 Å². The molecule has 1 aromatic heterocycles. The van der Waals surface area contributed by atoms with Gasteiger partial charge in [0, 0.05) is 44.2 Å². The molecule has 0 radical (unpaired) electrons. The molecular weight excluding hydrogens is 366 g/mol. The maximum Gasteiger partial charge on any atom is 0.225 e. The van der Waals surface area contributed by atoms with Crippen molar-refractivity contribution in [3.63, 3.8) is 0 Å². The number of likely N-dealkylation sites (tertiary alicyclic amines) is 1. The van der Waals surface area contributed by atoms with Gasteiger partial charge in [0.2, 0.25) is 21.9 Å². The number of nitrogens with zero attached hydrogens (tertiary/aromatic N) is 4. The number of sulfonamides is 1. The third-order valence-corrected chi connectivity index (χ3v) is 8.34. The molecule has 2 saturated heterocycles. The fourth-order valence-corrected chi connectivity index (χ4v) is 6.41. The number of anilines is 1. The van der Waals surface area contributed by atoms with Gasteiger partial charge in [-0.15, -0.1) is 0 Å². The van der Waals surface area contributed by atoms with Crippen molar-refractivity contribution in [1.29, 1.82) is 0 Å². The molecule has 1 aliphatic carbocycles. The van der Waals surface area contributed by atoms with Crippen LogP contribution in [0.3, 0.4) is 0 Å². The fraction of sp³-hybridized carbons (Fsp3) is 0.722. The molecule has 0 spiro atoms. The maximum atomic E-state index is 13.0. The van der Waals surface area contributed by atoms with Gasteiger partial charge in [0.15, 0.2) is 0 Å². The summed E-state index contributed by atoms with van der Waals surface area (Å²) in [5, 5.41) is -0.475. The van der Waals surface area contributed by atoms with Gasteiger partial charge in [-0.05, 0) is 31.7 Å². The number of hydrogen-bond donors (Lipinski definition) is 1. The summed E-state index contributed by atoms with van der Waals surface area (Å²) in [4.78, 5) is 22.3. The second-order valence-electron chi connectivity index (χ2n) is 7.93. The highest BCUT2D eigenvalue weighted by atomic mass is 32.2. The smallest absolute Gasteiger partial charge is 0.225 e. The molecule has 3 heterocycles. The van der Waals surface area contributed by atoms with Crippen LogP contribution in [0.5, 0.6) is 0 Å². The first-order chi connectivity index (χ1) is 12.9. The van der Waals surface area contributed by atoms with Crippen molar-refractivity contribution in [1.82, 2.24) is 19.2 Å². The maximum absolute atomic E-state index is 13.0. The van der Waals surface area contributed by atoms with Crippen molar-refractivity contribution in [3.05, 3.63) is 18.0 Å². The van der Waals surface area contributed by atoms with Gasteiger partial charge in [-0.25, -0.2) is 22.7 Å². The van der Waals surface area contributed by atoms with Crippen LogP contribution in [0.4, 0.5) is 5.95 Å². The van der Waals surface area contributed by atoms with Crippen molar-refractivity contribution in [3.8, 4) is 0 Å². The zero-order valence-corrected chi connectivity index (χ0v) is 16.3. The van der Waals surface area contributed by atoms with Crippen LogP contribution in [0.2, 0.25) is 0 Å². The Labute approximate surface area is 160 Å². The van der Waals surface area contributed by atoms with E-state index >= 15 is 0 Å². The molecule has 1 amide bonds. The van der Waals surface area contributed by atoms with Crippen LogP contribution in [0.15, 0.2) is 12.3 Å². The predicted molar refractivity (Wildman–Crippen MR) is 101 cm³/mol. The monoisotopic (exact) mass is 393 g/mol. The molecule has 3 fully saturated rings. The largest absolute Gasteiger partial charge is 0.368 e. The minimum atomic E-state index is -3.40. The lowest BCUT2D eigenvalue weighted by molar-refractivity contribution is -0.138. The number of nitrogens with two attached hydrogens (primary N) is 1. The summed E-state index contributed by atoms with van der Waals surface area (Å²) in [6.07, 6.45) is 7.41. The molecule has 3 aliphatic rings. The number of piperidine rings is 1. The molecule has 2 aliphatic heterocycles. The van der Waals surface area contributed by atoms with Crippen LogP contribution < -0.4 is 5.73 Å². The summed E-state index contributed by atoms with van der Waals surface area (Å²) in [7, 11) is -3.40. The summed E-state index contributed by atoms with van der Waals surface area (Å²) in [5.74, 6) is 0.505. The highest BCUT2D eigenvalue weighted by molar-refractivity contribution is 7.89. The molecule has 1 unspecified atom stereocenters. The van der Waals surface area contributed by atoms with Crippen LogP contribution in [0, 0.1) is 5.92 Å².